The maximum absolute atomic E-state index is 5.47. The largest absolute Gasteiger partial charge is 0.379 e. The molecule has 1 aromatic heterocycles. The molecule has 1 aliphatic rings. The Morgan fingerprint density at radius 2 is 2.39 bits per heavy atom. The molecule has 1 aliphatic heterocycles. The zero-order chi connectivity index (χ0) is 13.0. The summed E-state index contributed by atoms with van der Waals surface area (Å²) >= 11 is 0. The van der Waals surface area contributed by atoms with Crippen LogP contribution in [0.25, 0.3) is 0 Å². The summed E-state index contributed by atoms with van der Waals surface area (Å²) in [6, 6.07) is 7.06. The number of morpholine rings is 1. The molecule has 2 rings (SSSR count). The van der Waals surface area contributed by atoms with Crippen molar-refractivity contribution in [3.05, 3.63) is 23.9 Å². The predicted octanol–water partition coefficient (Wildman–Crippen LogP) is 1.91. The summed E-state index contributed by atoms with van der Waals surface area (Å²) in [6.45, 7) is 10.1. The summed E-state index contributed by atoms with van der Waals surface area (Å²) in [5, 5.41) is 3.41. The third-order valence-electron chi connectivity index (χ3n) is 3.45. The fourth-order valence-electron chi connectivity index (χ4n) is 2.41. The molecule has 18 heavy (non-hydrogen) atoms. The van der Waals surface area contributed by atoms with E-state index in [1.54, 1.807) is 0 Å². The first-order valence-corrected chi connectivity index (χ1v) is 6.68. The second-order valence-corrected chi connectivity index (χ2v) is 5.06. The predicted molar refractivity (Wildman–Crippen MR) is 73.9 cm³/mol. The molecule has 0 aromatic carbocycles. The summed E-state index contributed by atoms with van der Waals surface area (Å²) in [7, 11) is 0. The summed E-state index contributed by atoms with van der Waals surface area (Å²) < 4.78 is 5.47. The van der Waals surface area contributed by atoms with E-state index in [-0.39, 0.29) is 0 Å². The lowest BCUT2D eigenvalue weighted by atomic mass is 10.2. The van der Waals surface area contributed by atoms with Gasteiger partial charge in [-0.25, -0.2) is 4.98 Å². The SMILES string of the molecule is Cc1cccc(NCC(C)N2CCOCC2C)n1. The lowest BCUT2D eigenvalue weighted by molar-refractivity contribution is -0.0159. The Morgan fingerprint density at radius 3 is 3.11 bits per heavy atom. The summed E-state index contributed by atoms with van der Waals surface area (Å²) in [6.07, 6.45) is 0. The van der Waals surface area contributed by atoms with Crippen molar-refractivity contribution in [2.24, 2.45) is 0 Å². The molecule has 1 N–H and O–H groups in total. The van der Waals surface area contributed by atoms with Crippen LogP contribution in [0.1, 0.15) is 19.5 Å². The van der Waals surface area contributed by atoms with Crippen molar-refractivity contribution >= 4 is 5.82 Å². The van der Waals surface area contributed by atoms with Gasteiger partial charge in [0.25, 0.3) is 0 Å². The molecule has 0 amide bonds. The van der Waals surface area contributed by atoms with Crippen LogP contribution in [0.4, 0.5) is 5.82 Å². The van der Waals surface area contributed by atoms with E-state index in [1.165, 1.54) is 0 Å². The van der Waals surface area contributed by atoms with Crippen LogP contribution < -0.4 is 5.32 Å². The maximum atomic E-state index is 5.47. The van der Waals surface area contributed by atoms with Gasteiger partial charge in [-0.2, -0.15) is 0 Å². The van der Waals surface area contributed by atoms with Gasteiger partial charge in [-0.15, -0.1) is 0 Å². The quantitative estimate of drug-likeness (QED) is 0.884. The molecule has 0 bridgehead atoms. The van der Waals surface area contributed by atoms with Crippen LogP contribution in [0.5, 0.6) is 0 Å². The van der Waals surface area contributed by atoms with Crippen molar-refractivity contribution in [2.75, 3.05) is 31.6 Å². The van der Waals surface area contributed by atoms with Gasteiger partial charge in [0.05, 0.1) is 13.2 Å². The van der Waals surface area contributed by atoms with Gasteiger partial charge in [0.15, 0.2) is 0 Å². The van der Waals surface area contributed by atoms with E-state index in [0.29, 0.717) is 12.1 Å². The van der Waals surface area contributed by atoms with Gasteiger partial charge in [0.2, 0.25) is 0 Å². The highest BCUT2D eigenvalue weighted by Crippen LogP contribution is 2.11. The average Bonchev–Trinajstić information content (AvgIpc) is 2.37. The van der Waals surface area contributed by atoms with Crippen LogP contribution in [-0.4, -0.2) is 48.3 Å². The Balaban J connectivity index is 1.85. The Kier molecular flexibility index (Phi) is 4.55. The van der Waals surface area contributed by atoms with E-state index >= 15 is 0 Å². The number of rotatable bonds is 4. The second-order valence-electron chi connectivity index (χ2n) is 5.06. The van der Waals surface area contributed by atoms with Crippen LogP contribution >= 0.6 is 0 Å². The van der Waals surface area contributed by atoms with Gasteiger partial charge >= 0.3 is 0 Å². The van der Waals surface area contributed by atoms with Gasteiger partial charge < -0.3 is 10.1 Å². The highest BCUT2D eigenvalue weighted by Gasteiger charge is 2.23. The molecule has 0 radical (unpaired) electrons. The highest BCUT2D eigenvalue weighted by atomic mass is 16.5. The maximum Gasteiger partial charge on any atom is 0.126 e. The zero-order valence-electron chi connectivity index (χ0n) is 11.5. The number of aryl methyl sites for hydroxylation is 1. The fourth-order valence-corrected chi connectivity index (χ4v) is 2.41. The zero-order valence-corrected chi connectivity index (χ0v) is 11.5. The number of nitrogens with zero attached hydrogens (tertiary/aromatic N) is 2. The summed E-state index contributed by atoms with van der Waals surface area (Å²) in [4.78, 5) is 6.95. The number of pyridine rings is 1. The van der Waals surface area contributed by atoms with E-state index in [9.17, 15) is 0 Å². The minimum absolute atomic E-state index is 0.492. The molecule has 2 unspecified atom stereocenters. The number of nitrogens with one attached hydrogen (secondary N) is 1. The Labute approximate surface area is 109 Å². The van der Waals surface area contributed by atoms with E-state index in [2.05, 4.69) is 29.0 Å². The molecule has 1 aromatic rings. The molecule has 100 valence electrons. The number of ether oxygens (including phenoxy) is 1. The normalized spacial score (nSPS) is 22.7. The van der Waals surface area contributed by atoms with Crippen molar-refractivity contribution in [2.45, 2.75) is 32.9 Å². The van der Waals surface area contributed by atoms with Gasteiger partial charge in [-0.3, -0.25) is 4.90 Å². The van der Waals surface area contributed by atoms with Gasteiger partial charge in [0.1, 0.15) is 5.82 Å². The molecule has 2 heterocycles. The average molecular weight is 249 g/mol. The highest BCUT2D eigenvalue weighted by molar-refractivity contribution is 5.35. The fraction of sp³-hybridized carbons (Fsp3) is 0.643. The molecule has 0 spiro atoms. The van der Waals surface area contributed by atoms with E-state index in [0.717, 1.165) is 37.8 Å². The van der Waals surface area contributed by atoms with Crippen LogP contribution in [0.2, 0.25) is 0 Å². The molecule has 0 saturated carbocycles. The topological polar surface area (TPSA) is 37.4 Å². The number of aromatic nitrogens is 1. The lowest BCUT2D eigenvalue weighted by Gasteiger charge is -2.37. The number of hydrogen-bond donors (Lipinski definition) is 1. The standard InChI is InChI=1S/C14H23N3O/c1-11-5-4-6-14(16-11)15-9-12(2)17-7-8-18-10-13(17)3/h4-6,12-13H,7-10H2,1-3H3,(H,15,16). The minimum atomic E-state index is 0.492. The third kappa shape index (κ3) is 3.43. The minimum Gasteiger partial charge on any atom is -0.379 e. The van der Waals surface area contributed by atoms with Crippen LogP contribution in [-0.2, 0) is 4.74 Å². The summed E-state index contributed by atoms with van der Waals surface area (Å²) in [5.41, 5.74) is 1.05. The lowest BCUT2D eigenvalue weighted by Crippen LogP contribution is -2.50. The van der Waals surface area contributed by atoms with Gasteiger partial charge in [-0.05, 0) is 32.9 Å². The van der Waals surface area contributed by atoms with Crippen molar-refractivity contribution < 1.29 is 4.74 Å². The number of hydrogen-bond acceptors (Lipinski definition) is 4. The Hall–Kier alpha value is -1.13. The van der Waals surface area contributed by atoms with Crippen molar-refractivity contribution in [1.29, 1.82) is 0 Å². The van der Waals surface area contributed by atoms with Crippen LogP contribution in [0.3, 0.4) is 0 Å². The first-order chi connectivity index (χ1) is 8.66. The molecule has 1 saturated heterocycles. The Bertz CT molecular complexity index is 383. The Morgan fingerprint density at radius 1 is 1.56 bits per heavy atom. The van der Waals surface area contributed by atoms with Crippen LogP contribution in [0, 0.1) is 6.92 Å². The molecular weight excluding hydrogens is 226 g/mol. The van der Waals surface area contributed by atoms with E-state index in [4.69, 9.17) is 4.74 Å². The first kappa shape index (κ1) is 13.3. The molecule has 4 heteroatoms. The molecule has 1 fully saturated rings. The van der Waals surface area contributed by atoms with Crippen molar-refractivity contribution in [1.82, 2.24) is 9.88 Å². The molecular formula is C14H23N3O. The smallest absolute Gasteiger partial charge is 0.126 e. The van der Waals surface area contributed by atoms with Gasteiger partial charge in [-0.1, -0.05) is 6.07 Å². The van der Waals surface area contributed by atoms with Crippen molar-refractivity contribution in [3.8, 4) is 0 Å². The van der Waals surface area contributed by atoms with E-state index < -0.39 is 0 Å². The molecule has 2 atom stereocenters. The van der Waals surface area contributed by atoms with Crippen LogP contribution in [0.15, 0.2) is 18.2 Å². The number of anilines is 1. The second kappa shape index (κ2) is 6.16. The monoisotopic (exact) mass is 249 g/mol. The molecule has 4 nitrogen and oxygen atoms in total. The van der Waals surface area contributed by atoms with Crippen molar-refractivity contribution in [3.63, 3.8) is 0 Å². The third-order valence-corrected chi connectivity index (χ3v) is 3.45. The van der Waals surface area contributed by atoms with Gasteiger partial charge in [0, 0.05) is 30.9 Å². The molecule has 0 aliphatic carbocycles. The van der Waals surface area contributed by atoms with E-state index in [1.807, 2.05) is 25.1 Å². The summed E-state index contributed by atoms with van der Waals surface area (Å²) in [5.74, 6) is 0.961. The first-order valence-electron chi connectivity index (χ1n) is 6.68.